The van der Waals surface area contributed by atoms with Gasteiger partial charge in [-0.1, -0.05) is 79.4 Å². The third-order valence-corrected chi connectivity index (χ3v) is 6.80. The van der Waals surface area contributed by atoms with Gasteiger partial charge in [-0.2, -0.15) is 0 Å². The Kier molecular flexibility index (Phi) is 6.86. The van der Waals surface area contributed by atoms with Crippen LogP contribution in [0, 0.1) is 13.8 Å². The van der Waals surface area contributed by atoms with Crippen LogP contribution in [0.4, 0.5) is 5.69 Å². The van der Waals surface area contributed by atoms with Gasteiger partial charge in [-0.15, -0.1) is 0 Å². The second-order valence-electron chi connectivity index (χ2n) is 8.79. The second-order valence-corrected chi connectivity index (χ2v) is 9.20. The first-order chi connectivity index (χ1) is 15.5. The maximum atomic E-state index is 13.7. The average molecular weight is 448 g/mol. The molecule has 0 aliphatic heterocycles. The molecule has 1 fully saturated rings. The third-order valence-electron chi connectivity index (χ3n) is 6.48. The molecule has 4 rings (SSSR count). The Labute approximate surface area is 195 Å². The lowest BCUT2D eigenvalue weighted by Gasteiger charge is -2.37. The average Bonchev–Trinajstić information content (AvgIpc) is 2.80. The van der Waals surface area contributed by atoms with Crippen LogP contribution in [0.15, 0.2) is 66.7 Å². The van der Waals surface area contributed by atoms with E-state index in [-0.39, 0.29) is 5.91 Å². The smallest absolute Gasteiger partial charge is 0.235 e. The molecule has 32 heavy (non-hydrogen) atoms. The Morgan fingerprint density at radius 2 is 1.56 bits per heavy atom. The minimum absolute atomic E-state index is 0.0297. The second kappa shape index (κ2) is 9.79. The summed E-state index contributed by atoms with van der Waals surface area (Å²) in [5, 5.41) is 3.88. The number of nitrogens with one attached hydrogen (secondary N) is 1. The Balaban J connectivity index is 1.56. The lowest BCUT2D eigenvalue weighted by atomic mass is 9.68. The molecule has 3 aromatic carbocycles. The molecule has 0 saturated heterocycles. The van der Waals surface area contributed by atoms with Crippen LogP contribution in [0.5, 0.6) is 5.75 Å². The maximum absolute atomic E-state index is 13.7. The first-order valence-corrected chi connectivity index (χ1v) is 11.7. The quantitative estimate of drug-likeness (QED) is 0.428. The van der Waals surface area contributed by atoms with Crippen molar-refractivity contribution in [1.29, 1.82) is 0 Å². The number of carbonyl (C=O) groups is 1. The molecule has 166 valence electrons. The Morgan fingerprint density at radius 3 is 2.22 bits per heavy atom. The Bertz CT molecular complexity index is 1060. The number of rotatable bonds is 6. The molecule has 1 amide bonds. The summed E-state index contributed by atoms with van der Waals surface area (Å²) in [6.45, 7) is 4.56. The van der Waals surface area contributed by atoms with Crippen molar-refractivity contribution in [2.24, 2.45) is 0 Å². The maximum Gasteiger partial charge on any atom is 0.235 e. The number of carbonyl (C=O) groups excluding carboxylic acids is 1. The molecule has 3 nitrogen and oxygen atoms in total. The number of anilines is 1. The van der Waals surface area contributed by atoms with Crippen molar-refractivity contribution < 1.29 is 9.53 Å². The Morgan fingerprint density at radius 1 is 0.938 bits per heavy atom. The van der Waals surface area contributed by atoms with Gasteiger partial charge in [0.15, 0.2) is 0 Å². The van der Waals surface area contributed by atoms with Gasteiger partial charge in [-0.3, -0.25) is 4.79 Å². The minimum Gasteiger partial charge on any atom is -0.488 e. The van der Waals surface area contributed by atoms with E-state index in [1.54, 1.807) is 0 Å². The van der Waals surface area contributed by atoms with Gasteiger partial charge in [0.1, 0.15) is 12.4 Å². The number of hydrogen-bond acceptors (Lipinski definition) is 2. The Hall–Kier alpha value is -2.78. The normalized spacial score (nSPS) is 15.2. The van der Waals surface area contributed by atoms with Crippen LogP contribution in [0.2, 0.25) is 5.02 Å². The van der Waals surface area contributed by atoms with Crippen LogP contribution < -0.4 is 10.1 Å². The van der Waals surface area contributed by atoms with Crippen LogP contribution in [0.1, 0.15) is 54.4 Å². The van der Waals surface area contributed by atoms with Gasteiger partial charge in [0.2, 0.25) is 5.91 Å². The van der Waals surface area contributed by atoms with Gasteiger partial charge in [0.05, 0.1) is 5.41 Å². The fraction of sp³-hybridized carbons (Fsp3) is 0.321. The van der Waals surface area contributed by atoms with Crippen molar-refractivity contribution in [1.82, 2.24) is 0 Å². The molecule has 1 N–H and O–H groups in total. The molecule has 0 heterocycles. The van der Waals surface area contributed by atoms with Crippen molar-refractivity contribution in [3.05, 3.63) is 94.0 Å². The highest BCUT2D eigenvalue weighted by atomic mass is 35.5. The highest BCUT2D eigenvalue weighted by Crippen LogP contribution is 2.43. The van der Waals surface area contributed by atoms with Crippen molar-refractivity contribution in [2.45, 2.75) is 58.0 Å². The number of aryl methyl sites for hydroxylation is 2. The van der Waals surface area contributed by atoms with E-state index in [0.717, 1.165) is 65.8 Å². The van der Waals surface area contributed by atoms with E-state index >= 15 is 0 Å². The summed E-state index contributed by atoms with van der Waals surface area (Å²) in [7, 11) is 0. The van der Waals surface area contributed by atoms with E-state index in [1.807, 2.05) is 68.4 Å². The molecule has 0 spiro atoms. The van der Waals surface area contributed by atoms with Gasteiger partial charge in [-0.05, 0) is 67.1 Å². The van der Waals surface area contributed by atoms with Crippen molar-refractivity contribution in [3.8, 4) is 5.75 Å². The van der Waals surface area contributed by atoms with E-state index in [0.29, 0.717) is 11.6 Å². The van der Waals surface area contributed by atoms with Gasteiger partial charge in [0, 0.05) is 10.7 Å². The fourth-order valence-corrected chi connectivity index (χ4v) is 5.17. The summed E-state index contributed by atoms with van der Waals surface area (Å²) in [6.07, 6.45) is 4.86. The zero-order valence-electron chi connectivity index (χ0n) is 18.8. The summed E-state index contributed by atoms with van der Waals surface area (Å²) in [5.41, 5.74) is 4.30. The summed E-state index contributed by atoms with van der Waals surface area (Å²) in [5.74, 6) is 0.896. The number of halogens is 1. The molecule has 0 bridgehead atoms. The van der Waals surface area contributed by atoms with Crippen LogP contribution in [-0.4, -0.2) is 5.91 Å². The number of amides is 1. The van der Waals surface area contributed by atoms with E-state index < -0.39 is 5.41 Å². The van der Waals surface area contributed by atoms with Crippen molar-refractivity contribution in [2.75, 3.05) is 5.32 Å². The largest absolute Gasteiger partial charge is 0.488 e. The van der Waals surface area contributed by atoms with E-state index in [1.165, 1.54) is 0 Å². The number of hydrogen-bond donors (Lipinski definition) is 1. The standard InChI is InChI=1S/C28H30ClNO2/c1-20-17-23(18-21(2)26(20)32-19-22-11-5-3-6-12-22)30-27(31)28(15-9-4-10-16-28)24-13-7-8-14-25(24)29/h3,5-8,11-14,17-18H,4,9-10,15-16,19H2,1-2H3,(H,30,31). The molecule has 0 unspecified atom stereocenters. The predicted octanol–water partition coefficient (Wildman–Crippen LogP) is 7.38. The number of benzene rings is 3. The summed E-state index contributed by atoms with van der Waals surface area (Å²) < 4.78 is 6.10. The summed E-state index contributed by atoms with van der Waals surface area (Å²) in [6, 6.07) is 21.9. The molecular weight excluding hydrogens is 418 g/mol. The highest BCUT2D eigenvalue weighted by Gasteiger charge is 2.42. The molecule has 1 saturated carbocycles. The monoisotopic (exact) mass is 447 g/mol. The molecule has 0 atom stereocenters. The number of ether oxygens (including phenoxy) is 1. The van der Waals surface area contributed by atoms with Gasteiger partial charge < -0.3 is 10.1 Å². The van der Waals surface area contributed by atoms with Gasteiger partial charge >= 0.3 is 0 Å². The van der Waals surface area contributed by atoms with Gasteiger partial charge in [-0.25, -0.2) is 0 Å². The molecule has 0 radical (unpaired) electrons. The zero-order chi connectivity index (χ0) is 22.6. The lowest BCUT2D eigenvalue weighted by molar-refractivity contribution is -0.122. The van der Waals surface area contributed by atoms with Crippen molar-refractivity contribution >= 4 is 23.2 Å². The molecule has 0 aromatic heterocycles. The van der Waals surface area contributed by atoms with E-state index in [2.05, 4.69) is 17.4 Å². The molecule has 1 aliphatic carbocycles. The first kappa shape index (κ1) is 22.4. The summed E-state index contributed by atoms with van der Waals surface area (Å²) >= 11 is 6.55. The van der Waals surface area contributed by atoms with E-state index in [4.69, 9.17) is 16.3 Å². The fourth-order valence-electron chi connectivity index (χ4n) is 4.85. The minimum atomic E-state index is -0.582. The van der Waals surface area contributed by atoms with Gasteiger partial charge in [0.25, 0.3) is 0 Å². The highest BCUT2D eigenvalue weighted by molar-refractivity contribution is 6.31. The molecule has 1 aliphatic rings. The first-order valence-electron chi connectivity index (χ1n) is 11.3. The van der Waals surface area contributed by atoms with Crippen molar-refractivity contribution in [3.63, 3.8) is 0 Å². The topological polar surface area (TPSA) is 38.3 Å². The summed E-state index contributed by atoms with van der Waals surface area (Å²) in [4.78, 5) is 13.7. The van der Waals surface area contributed by atoms with E-state index in [9.17, 15) is 4.79 Å². The van der Waals surface area contributed by atoms with Crippen LogP contribution >= 0.6 is 11.6 Å². The van der Waals surface area contributed by atoms with Crippen LogP contribution in [0.3, 0.4) is 0 Å². The SMILES string of the molecule is Cc1cc(NC(=O)C2(c3ccccc3Cl)CCCCC2)cc(C)c1OCc1ccccc1. The van der Waals surface area contributed by atoms with Crippen LogP contribution in [0.25, 0.3) is 0 Å². The zero-order valence-corrected chi connectivity index (χ0v) is 19.5. The lowest BCUT2D eigenvalue weighted by Crippen LogP contribution is -2.42. The molecule has 3 aromatic rings. The predicted molar refractivity (Wildman–Crippen MR) is 132 cm³/mol. The molecular formula is C28H30ClNO2. The third kappa shape index (κ3) is 4.68. The van der Waals surface area contributed by atoms with Crippen LogP contribution in [-0.2, 0) is 16.8 Å². The molecule has 4 heteroatoms.